The number of benzene rings is 1. The zero-order chi connectivity index (χ0) is 15.2. The molecule has 2 rings (SSSR count). The molecule has 1 aliphatic heterocycles. The Labute approximate surface area is 133 Å². The lowest BCUT2D eigenvalue weighted by Gasteiger charge is -2.25. The van der Waals surface area contributed by atoms with Crippen LogP contribution in [0.3, 0.4) is 0 Å². The van der Waals surface area contributed by atoms with E-state index in [9.17, 15) is 13.6 Å². The number of nitrogens with one attached hydrogen (secondary N) is 2. The van der Waals surface area contributed by atoms with E-state index in [1.165, 1.54) is 6.07 Å². The Kier molecular flexibility index (Phi) is 7.34. The minimum atomic E-state index is -2.90. The van der Waals surface area contributed by atoms with Crippen molar-refractivity contribution < 1.29 is 23.0 Å². The highest BCUT2D eigenvalue weighted by molar-refractivity contribution is 5.85. The number of halogens is 3. The van der Waals surface area contributed by atoms with Crippen LogP contribution in [0.25, 0.3) is 0 Å². The van der Waals surface area contributed by atoms with Gasteiger partial charge in [0.25, 0.3) is 0 Å². The average Bonchev–Trinajstić information content (AvgIpc) is 2.36. The van der Waals surface area contributed by atoms with Crippen LogP contribution in [-0.2, 0) is 11.3 Å². The lowest BCUT2D eigenvalue weighted by Crippen LogP contribution is -2.50. The Morgan fingerprint density at radius 2 is 2.14 bits per heavy atom. The van der Waals surface area contributed by atoms with E-state index in [2.05, 4.69) is 15.4 Å². The van der Waals surface area contributed by atoms with E-state index in [1.54, 1.807) is 19.1 Å². The fraction of sp³-hybridized carbons (Fsp3) is 0.500. The molecular weight excluding hydrogens is 318 g/mol. The summed E-state index contributed by atoms with van der Waals surface area (Å²) in [6, 6.07) is 4.64. The van der Waals surface area contributed by atoms with E-state index in [-0.39, 0.29) is 35.7 Å². The summed E-state index contributed by atoms with van der Waals surface area (Å²) in [5.41, 5.74) is 0.765. The Morgan fingerprint density at radius 1 is 1.41 bits per heavy atom. The largest absolute Gasteiger partial charge is 0.490 e. The van der Waals surface area contributed by atoms with E-state index >= 15 is 0 Å². The fourth-order valence-electron chi connectivity index (χ4n) is 1.93. The first kappa shape index (κ1) is 18.4. The van der Waals surface area contributed by atoms with Crippen LogP contribution in [0.1, 0.15) is 12.5 Å². The van der Waals surface area contributed by atoms with Gasteiger partial charge in [-0.2, -0.15) is 8.78 Å². The van der Waals surface area contributed by atoms with Crippen molar-refractivity contribution in [3.05, 3.63) is 23.8 Å². The quantitative estimate of drug-likeness (QED) is 0.799. The first-order chi connectivity index (χ1) is 10.1. The molecule has 1 aromatic rings. The summed E-state index contributed by atoms with van der Waals surface area (Å²) >= 11 is 0. The van der Waals surface area contributed by atoms with Crippen molar-refractivity contribution >= 4 is 18.3 Å². The monoisotopic (exact) mass is 336 g/mol. The average molecular weight is 337 g/mol. The van der Waals surface area contributed by atoms with Crippen molar-refractivity contribution in [1.82, 2.24) is 10.6 Å². The highest BCUT2D eigenvalue weighted by Crippen LogP contribution is 2.29. The molecule has 0 atom stereocenters. The van der Waals surface area contributed by atoms with Crippen LogP contribution in [-0.4, -0.2) is 32.2 Å². The standard InChI is InChI=1S/C14H18F2N2O3.ClH/c1-2-20-12-5-9(3-4-11(12)21-14(15)16)6-18-13(19)10-7-17-8-10;/h3-5,10,14,17H,2,6-8H2,1H3,(H,18,19);1H. The summed E-state index contributed by atoms with van der Waals surface area (Å²) in [5, 5.41) is 5.83. The van der Waals surface area contributed by atoms with Crippen LogP contribution in [0.4, 0.5) is 8.78 Å². The molecule has 0 saturated carbocycles. The van der Waals surface area contributed by atoms with Crippen LogP contribution in [0.15, 0.2) is 18.2 Å². The van der Waals surface area contributed by atoms with Gasteiger partial charge in [-0.3, -0.25) is 4.79 Å². The third-order valence-electron chi connectivity index (χ3n) is 3.14. The maximum atomic E-state index is 12.3. The van der Waals surface area contributed by atoms with Crippen molar-refractivity contribution in [3.8, 4) is 11.5 Å². The van der Waals surface area contributed by atoms with Crippen LogP contribution >= 0.6 is 12.4 Å². The van der Waals surface area contributed by atoms with Gasteiger partial charge in [-0.1, -0.05) is 6.07 Å². The second kappa shape index (κ2) is 8.75. The summed E-state index contributed by atoms with van der Waals surface area (Å²) in [4.78, 5) is 11.7. The molecule has 1 aliphatic rings. The molecule has 0 spiro atoms. The Morgan fingerprint density at radius 3 is 2.68 bits per heavy atom. The minimum Gasteiger partial charge on any atom is -0.490 e. The molecule has 1 fully saturated rings. The minimum absolute atomic E-state index is 0. The Hall–Kier alpha value is -1.60. The van der Waals surface area contributed by atoms with Crippen molar-refractivity contribution in [2.75, 3.05) is 19.7 Å². The maximum absolute atomic E-state index is 12.3. The van der Waals surface area contributed by atoms with Gasteiger partial charge >= 0.3 is 6.61 Å². The number of alkyl halides is 2. The third-order valence-corrected chi connectivity index (χ3v) is 3.14. The topological polar surface area (TPSA) is 59.6 Å². The van der Waals surface area contributed by atoms with Gasteiger partial charge in [-0.15, -0.1) is 12.4 Å². The molecular formula is C14H19ClF2N2O3. The van der Waals surface area contributed by atoms with Gasteiger partial charge < -0.3 is 20.1 Å². The smallest absolute Gasteiger partial charge is 0.387 e. The van der Waals surface area contributed by atoms with E-state index < -0.39 is 6.61 Å². The Bertz CT molecular complexity index is 499. The van der Waals surface area contributed by atoms with Crippen LogP contribution in [0, 0.1) is 5.92 Å². The van der Waals surface area contributed by atoms with Crippen molar-refractivity contribution in [2.45, 2.75) is 20.1 Å². The number of carbonyl (C=O) groups excluding carboxylic acids is 1. The Balaban J connectivity index is 0.00000242. The van der Waals surface area contributed by atoms with Crippen molar-refractivity contribution in [2.24, 2.45) is 5.92 Å². The molecule has 8 heteroatoms. The number of hydrogen-bond donors (Lipinski definition) is 2. The van der Waals surface area contributed by atoms with Crippen LogP contribution in [0.5, 0.6) is 11.5 Å². The predicted molar refractivity (Wildman–Crippen MR) is 79.7 cm³/mol. The van der Waals surface area contributed by atoms with Crippen molar-refractivity contribution in [1.29, 1.82) is 0 Å². The molecule has 0 aromatic heterocycles. The summed E-state index contributed by atoms with van der Waals surface area (Å²) in [6.07, 6.45) is 0. The van der Waals surface area contributed by atoms with Gasteiger partial charge in [0.2, 0.25) is 5.91 Å². The van der Waals surface area contributed by atoms with Gasteiger partial charge in [-0.05, 0) is 24.6 Å². The van der Waals surface area contributed by atoms with Crippen molar-refractivity contribution in [3.63, 3.8) is 0 Å². The van der Waals surface area contributed by atoms with E-state index in [0.29, 0.717) is 26.2 Å². The first-order valence-electron chi connectivity index (χ1n) is 6.79. The van der Waals surface area contributed by atoms with Gasteiger partial charge in [0, 0.05) is 19.6 Å². The molecule has 0 unspecified atom stereocenters. The molecule has 5 nitrogen and oxygen atoms in total. The number of ether oxygens (including phenoxy) is 2. The number of amides is 1. The van der Waals surface area contributed by atoms with Crippen LogP contribution < -0.4 is 20.1 Å². The lowest BCUT2D eigenvalue weighted by molar-refractivity contribution is -0.126. The summed E-state index contributed by atoms with van der Waals surface area (Å²) in [6.45, 7) is 0.896. The maximum Gasteiger partial charge on any atom is 0.387 e. The molecule has 124 valence electrons. The lowest BCUT2D eigenvalue weighted by atomic mass is 10.0. The molecule has 1 amide bonds. The van der Waals surface area contributed by atoms with Gasteiger partial charge in [-0.25, -0.2) is 0 Å². The molecule has 0 aliphatic carbocycles. The van der Waals surface area contributed by atoms with Crippen LogP contribution in [0.2, 0.25) is 0 Å². The third kappa shape index (κ3) is 4.99. The number of hydrogen-bond acceptors (Lipinski definition) is 4. The first-order valence-corrected chi connectivity index (χ1v) is 6.79. The normalized spacial score (nSPS) is 14.0. The predicted octanol–water partition coefficient (Wildman–Crippen LogP) is 1.94. The number of carbonyl (C=O) groups is 1. The molecule has 1 heterocycles. The fourth-order valence-corrected chi connectivity index (χ4v) is 1.93. The SMILES string of the molecule is CCOc1cc(CNC(=O)C2CNC2)ccc1OC(F)F.Cl. The zero-order valence-electron chi connectivity index (χ0n) is 12.1. The van der Waals surface area contributed by atoms with Gasteiger partial charge in [0.1, 0.15) is 0 Å². The summed E-state index contributed by atoms with van der Waals surface area (Å²) in [7, 11) is 0. The highest BCUT2D eigenvalue weighted by Gasteiger charge is 2.24. The summed E-state index contributed by atoms with van der Waals surface area (Å²) < 4.78 is 34.3. The number of rotatable bonds is 7. The molecule has 1 aromatic carbocycles. The van der Waals surface area contributed by atoms with E-state index in [0.717, 1.165) is 5.56 Å². The molecule has 0 radical (unpaired) electrons. The van der Waals surface area contributed by atoms with Gasteiger partial charge in [0.15, 0.2) is 11.5 Å². The van der Waals surface area contributed by atoms with E-state index in [1.807, 2.05) is 0 Å². The summed E-state index contributed by atoms with van der Waals surface area (Å²) in [5.74, 6) is 0.234. The van der Waals surface area contributed by atoms with E-state index in [4.69, 9.17) is 4.74 Å². The second-order valence-corrected chi connectivity index (χ2v) is 4.67. The van der Waals surface area contributed by atoms with Gasteiger partial charge in [0.05, 0.1) is 12.5 Å². The molecule has 22 heavy (non-hydrogen) atoms. The zero-order valence-corrected chi connectivity index (χ0v) is 12.9. The highest BCUT2D eigenvalue weighted by atomic mass is 35.5. The molecule has 0 bridgehead atoms. The molecule has 1 saturated heterocycles. The second-order valence-electron chi connectivity index (χ2n) is 4.67. The molecule has 2 N–H and O–H groups in total.